The summed E-state index contributed by atoms with van der Waals surface area (Å²) in [6.45, 7) is 5.47. The van der Waals surface area contributed by atoms with Gasteiger partial charge in [-0.1, -0.05) is 44.2 Å². The van der Waals surface area contributed by atoms with Gasteiger partial charge in [-0.05, 0) is 19.7 Å². The third-order valence-electron chi connectivity index (χ3n) is 2.00. The molecule has 0 heterocycles. The van der Waals surface area contributed by atoms with E-state index >= 15 is 0 Å². The molecule has 0 saturated heterocycles. The third-order valence-corrected chi connectivity index (χ3v) is 2.00. The van der Waals surface area contributed by atoms with Gasteiger partial charge in [0, 0.05) is 12.0 Å². The highest BCUT2D eigenvalue weighted by molar-refractivity contribution is 5.31. The van der Waals surface area contributed by atoms with Gasteiger partial charge in [-0.3, -0.25) is 0 Å². The zero-order valence-corrected chi connectivity index (χ0v) is 9.04. The molecule has 1 rings (SSSR count). The summed E-state index contributed by atoms with van der Waals surface area (Å²) in [6, 6.07) is 0. The van der Waals surface area contributed by atoms with Crippen LogP contribution in [0.1, 0.15) is 13.8 Å². The van der Waals surface area contributed by atoms with Crippen molar-refractivity contribution in [2.45, 2.75) is 13.8 Å². The Morgan fingerprint density at radius 3 is 2.54 bits per heavy atom. The minimum Gasteiger partial charge on any atom is -0.305 e. The van der Waals surface area contributed by atoms with Gasteiger partial charge in [-0.25, -0.2) is 0 Å². The van der Waals surface area contributed by atoms with Crippen LogP contribution in [0.25, 0.3) is 0 Å². The van der Waals surface area contributed by atoms with Gasteiger partial charge in [0.2, 0.25) is 0 Å². The maximum absolute atomic E-state index is 2.33. The van der Waals surface area contributed by atoms with Crippen molar-refractivity contribution in [3.63, 3.8) is 0 Å². The highest BCUT2D eigenvalue weighted by atomic mass is 15.0. The standard InChI is InChI=1S/C12H19N/c1-12(2)8-6-5-7-11(9-12)10-13(3)4/h5-9H,10H2,1-4H3. The van der Waals surface area contributed by atoms with Gasteiger partial charge in [0.15, 0.2) is 0 Å². The second-order valence-electron chi connectivity index (χ2n) is 4.50. The van der Waals surface area contributed by atoms with Crippen molar-refractivity contribution in [2.75, 3.05) is 20.6 Å². The maximum atomic E-state index is 2.33. The van der Waals surface area contributed by atoms with Gasteiger partial charge in [0.25, 0.3) is 0 Å². The van der Waals surface area contributed by atoms with E-state index < -0.39 is 0 Å². The fourth-order valence-corrected chi connectivity index (χ4v) is 1.52. The number of hydrogen-bond acceptors (Lipinski definition) is 1. The number of nitrogens with zero attached hydrogens (tertiary/aromatic N) is 1. The molecule has 0 aliphatic heterocycles. The van der Waals surface area contributed by atoms with Crippen molar-refractivity contribution >= 4 is 0 Å². The molecule has 0 N–H and O–H groups in total. The van der Waals surface area contributed by atoms with Crippen molar-refractivity contribution in [2.24, 2.45) is 5.41 Å². The second-order valence-corrected chi connectivity index (χ2v) is 4.50. The van der Waals surface area contributed by atoms with Gasteiger partial charge in [0.05, 0.1) is 0 Å². The predicted octanol–water partition coefficient (Wildman–Crippen LogP) is 2.63. The van der Waals surface area contributed by atoms with Gasteiger partial charge < -0.3 is 4.90 Å². The van der Waals surface area contributed by atoms with E-state index in [4.69, 9.17) is 0 Å². The summed E-state index contributed by atoms with van der Waals surface area (Å²) in [5, 5.41) is 0. The first-order valence-electron chi connectivity index (χ1n) is 4.72. The Bertz CT molecular complexity index is 254. The molecule has 1 nitrogen and oxygen atoms in total. The van der Waals surface area contributed by atoms with Crippen LogP contribution < -0.4 is 0 Å². The molecule has 0 saturated carbocycles. The van der Waals surface area contributed by atoms with E-state index in [-0.39, 0.29) is 5.41 Å². The molecule has 0 spiro atoms. The second kappa shape index (κ2) is 3.93. The lowest BCUT2D eigenvalue weighted by molar-refractivity contribution is 0.446. The van der Waals surface area contributed by atoms with Crippen LogP contribution in [0.5, 0.6) is 0 Å². The fraction of sp³-hybridized carbons (Fsp3) is 0.500. The Balaban J connectivity index is 2.79. The van der Waals surface area contributed by atoms with E-state index in [2.05, 4.69) is 63.2 Å². The lowest BCUT2D eigenvalue weighted by Gasteiger charge is -2.17. The topological polar surface area (TPSA) is 3.24 Å². The van der Waals surface area contributed by atoms with Gasteiger partial charge >= 0.3 is 0 Å². The highest BCUT2D eigenvalue weighted by Gasteiger charge is 2.12. The van der Waals surface area contributed by atoms with E-state index in [1.165, 1.54) is 5.57 Å². The number of hydrogen-bond donors (Lipinski definition) is 0. The molecule has 1 heteroatoms. The molecular formula is C12H19N. The zero-order valence-electron chi connectivity index (χ0n) is 9.04. The Hall–Kier alpha value is -0.820. The van der Waals surface area contributed by atoms with Crippen LogP contribution in [0.4, 0.5) is 0 Å². The Morgan fingerprint density at radius 2 is 1.92 bits per heavy atom. The van der Waals surface area contributed by atoms with Crippen LogP contribution in [0.2, 0.25) is 0 Å². The Labute approximate surface area is 81.4 Å². The summed E-state index contributed by atoms with van der Waals surface area (Å²) >= 11 is 0. The molecule has 1 aliphatic rings. The quantitative estimate of drug-likeness (QED) is 0.626. The largest absolute Gasteiger partial charge is 0.305 e. The smallest absolute Gasteiger partial charge is 0.0224 e. The van der Waals surface area contributed by atoms with Crippen LogP contribution >= 0.6 is 0 Å². The monoisotopic (exact) mass is 177 g/mol. The summed E-state index contributed by atoms with van der Waals surface area (Å²) < 4.78 is 0. The molecule has 0 aromatic carbocycles. The molecule has 1 aliphatic carbocycles. The van der Waals surface area contributed by atoms with Crippen molar-refractivity contribution in [3.8, 4) is 0 Å². The van der Waals surface area contributed by atoms with Crippen LogP contribution in [-0.2, 0) is 0 Å². The highest BCUT2D eigenvalue weighted by Crippen LogP contribution is 2.23. The summed E-state index contributed by atoms with van der Waals surface area (Å²) in [7, 11) is 4.19. The lowest BCUT2D eigenvalue weighted by Crippen LogP contribution is -2.15. The zero-order chi connectivity index (χ0) is 9.90. The molecular weight excluding hydrogens is 158 g/mol. The molecule has 0 atom stereocenters. The summed E-state index contributed by atoms with van der Waals surface area (Å²) in [5.41, 5.74) is 1.58. The fourth-order valence-electron chi connectivity index (χ4n) is 1.52. The molecule has 0 bridgehead atoms. The van der Waals surface area contributed by atoms with Crippen LogP contribution in [0.3, 0.4) is 0 Å². The first-order chi connectivity index (χ1) is 5.99. The van der Waals surface area contributed by atoms with Gasteiger partial charge in [-0.2, -0.15) is 0 Å². The average molecular weight is 177 g/mol. The third kappa shape index (κ3) is 3.60. The van der Waals surface area contributed by atoms with Crippen LogP contribution in [0, 0.1) is 5.41 Å². The minimum absolute atomic E-state index is 0.189. The maximum Gasteiger partial charge on any atom is 0.0224 e. The van der Waals surface area contributed by atoms with Crippen molar-refractivity contribution in [1.29, 1.82) is 0 Å². The van der Waals surface area contributed by atoms with E-state index in [1.807, 2.05) is 0 Å². The SMILES string of the molecule is CN(C)CC1=CC(C)(C)C=CC=C1. The van der Waals surface area contributed by atoms with Crippen LogP contribution in [0.15, 0.2) is 36.0 Å². The molecule has 13 heavy (non-hydrogen) atoms. The number of allylic oxidation sites excluding steroid dienone is 4. The average Bonchev–Trinajstić information content (AvgIpc) is 2.09. The lowest BCUT2D eigenvalue weighted by atomic mass is 9.91. The Kier molecular flexibility index (Phi) is 3.10. The molecule has 0 aromatic rings. The van der Waals surface area contributed by atoms with Crippen LogP contribution in [-0.4, -0.2) is 25.5 Å². The van der Waals surface area contributed by atoms with Gasteiger partial charge in [0.1, 0.15) is 0 Å². The van der Waals surface area contributed by atoms with E-state index in [1.54, 1.807) is 0 Å². The normalized spacial score (nSPS) is 20.2. The molecule has 72 valence electrons. The van der Waals surface area contributed by atoms with Gasteiger partial charge in [-0.15, -0.1) is 0 Å². The Morgan fingerprint density at radius 1 is 1.23 bits per heavy atom. The molecule has 0 amide bonds. The minimum atomic E-state index is 0.189. The first kappa shape index (κ1) is 10.3. The van der Waals surface area contributed by atoms with Crippen molar-refractivity contribution in [3.05, 3.63) is 36.0 Å². The van der Waals surface area contributed by atoms with E-state index in [0.29, 0.717) is 0 Å². The summed E-state index contributed by atoms with van der Waals surface area (Å²) in [5.74, 6) is 0. The van der Waals surface area contributed by atoms with E-state index in [9.17, 15) is 0 Å². The van der Waals surface area contributed by atoms with Crippen molar-refractivity contribution in [1.82, 2.24) is 4.90 Å². The molecule has 0 unspecified atom stereocenters. The predicted molar refractivity (Wildman–Crippen MR) is 58.7 cm³/mol. The molecule has 0 radical (unpaired) electrons. The summed E-state index contributed by atoms with van der Waals surface area (Å²) in [4.78, 5) is 2.19. The number of rotatable bonds is 2. The number of likely N-dealkylation sites (N-methyl/N-ethyl adjacent to an activating group) is 1. The molecule has 0 fully saturated rings. The van der Waals surface area contributed by atoms with Crippen molar-refractivity contribution < 1.29 is 0 Å². The van der Waals surface area contributed by atoms with E-state index in [0.717, 1.165) is 6.54 Å². The molecule has 0 aromatic heterocycles. The summed E-state index contributed by atoms with van der Waals surface area (Å²) in [6.07, 6.45) is 11.0. The first-order valence-corrected chi connectivity index (χ1v) is 4.72.